The summed E-state index contributed by atoms with van der Waals surface area (Å²) in [6.45, 7) is 13.9. The van der Waals surface area contributed by atoms with Crippen LogP contribution in [0.15, 0.2) is 18.2 Å². The molecule has 4 heteroatoms. The lowest BCUT2D eigenvalue weighted by Crippen LogP contribution is -2.54. The average molecular weight is 337 g/mol. The van der Waals surface area contributed by atoms with E-state index in [1.807, 2.05) is 0 Å². The van der Waals surface area contributed by atoms with Crippen molar-refractivity contribution in [2.45, 2.75) is 65.6 Å². The van der Waals surface area contributed by atoms with E-state index in [0.717, 1.165) is 38.3 Å². The van der Waals surface area contributed by atoms with Crippen molar-refractivity contribution in [1.82, 2.24) is 0 Å². The van der Waals surface area contributed by atoms with Crippen molar-refractivity contribution in [2.24, 2.45) is 0 Å². The maximum atomic E-state index is 6.17. The molecule has 132 valence electrons. The summed E-state index contributed by atoms with van der Waals surface area (Å²) in [6.07, 6.45) is 2.18. The maximum Gasteiger partial charge on any atom is 0.155 e. The van der Waals surface area contributed by atoms with Crippen LogP contribution in [0.5, 0.6) is 0 Å². The summed E-state index contributed by atoms with van der Waals surface area (Å²) < 4.78 is 8.37. The molecule has 0 atom stereocenters. The normalized spacial score (nSPS) is 11.7. The summed E-state index contributed by atoms with van der Waals surface area (Å²) in [6, 6.07) is 10.5. The summed E-state index contributed by atoms with van der Waals surface area (Å²) in [4.78, 5) is 0. The van der Waals surface area contributed by atoms with Gasteiger partial charge in [0.15, 0.2) is 8.24 Å². The van der Waals surface area contributed by atoms with Gasteiger partial charge in [-0.25, -0.2) is 0 Å². The van der Waals surface area contributed by atoms with Crippen LogP contribution in [0.3, 0.4) is 0 Å². The van der Waals surface area contributed by atoms with Crippen LogP contribution in [-0.2, 0) is 11.2 Å². The summed E-state index contributed by atoms with van der Waals surface area (Å²) in [5.41, 5.74) is 9.74. The zero-order valence-corrected chi connectivity index (χ0v) is 16.8. The van der Waals surface area contributed by atoms with E-state index in [-0.39, 0.29) is 0 Å². The molecule has 0 fully saturated rings. The Morgan fingerprint density at radius 3 is 2.22 bits per heavy atom. The summed E-state index contributed by atoms with van der Waals surface area (Å²) in [5.74, 6) is 0. The van der Waals surface area contributed by atoms with Crippen LogP contribution in [0, 0.1) is 0 Å². The van der Waals surface area contributed by atoms with Crippen molar-refractivity contribution in [3.05, 3.63) is 23.8 Å². The van der Waals surface area contributed by atoms with Crippen molar-refractivity contribution < 1.29 is 4.74 Å². The average Bonchev–Trinajstić information content (AvgIpc) is 2.57. The lowest BCUT2D eigenvalue weighted by Gasteiger charge is -2.43. The topological polar surface area (TPSA) is 38.5 Å². The predicted octanol–water partition coefficient (Wildman–Crippen LogP) is 5.07. The number of benzene rings is 1. The van der Waals surface area contributed by atoms with Crippen molar-refractivity contribution in [3.8, 4) is 0 Å². The van der Waals surface area contributed by atoms with Gasteiger partial charge in [-0.1, -0.05) is 34.1 Å². The van der Waals surface area contributed by atoms with E-state index in [4.69, 9.17) is 10.5 Å². The summed E-state index contributed by atoms with van der Waals surface area (Å²) in [5, 5.41) is 0. The Hall–Kier alpha value is -1.00. The third-order valence-corrected chi connectivity index (χ3v) is 10.7. The Kier molecular flexibility index (Phi) is 8.70. The Morgan fingerprint density at radius 1 is 1.04 bits per heavy atom. The molecule has 0 aliphatic rings. The van der Waals surface area contributed by atoms with Crippen molar-refractivity contribution in [3.63, 3.8) is 0 Å². The molecule has 1 aromatic rings. The number of ether oxygens (including phenoxy) is 1. The maximum absolute atomic E-state index is 6.17. The second kappa shape index (κ2) is 9.99. The van der Waals surface area contributed by atoms with Gasteiger partial charge in [-0.05, 0) is 55.2 Å². The molecule has 0 heterocycles. The molecule has 0 bridgehead atoms. The molecule has 0 aliphatic heterocycles. The number of nitrogen functional groups attached to an aromatic ring is 1. The van der Waals surface area contributed by atoms with Crippen molar-refractivity contribution >= 4 is 19.6 Å². The summed E-state index contributed by atoms with van der Waals surface area (Å²) in [7, 11) is -1.49. The number of anilines is 2. The van der Waals surface area contributed by atoms with Gasteiger partial charge < -0.3 is 15.0 Å². The minimum atomic E-state index is -1.49. The van der Waals surface area contributed by atoms with Gasteiger partial charge >= 0.3 is 0 Å². The molecular formula is C19H36N2OSi. The first-order valence-electron chi connectivity index (χ1n) is 9.32. The molecule has 0 saturated carbocycles. The van der Waals surface area contributed by atoms with Crippen LogP contribution in [-0.4, -0.2) is 28.0 Å². The van der Waals surface area contributed by atoms with Crippen LogP contribution < -0.4 is 10.3 Å². The van der Waals surface area contributed by atoms with Gasteiger partial charge in [-0.15, -0.1) is 0 Å². The van der Waals surface area contributed by atoms with Crippen LogP contribution in [0.1, 0.15) is 46.6 Å². The SMILES string of the molecule is CCCc1cc(N(CCOCC)[Si](CC)(CC)CC)ccc1N. The van der Waals surface area contributed by atoms with Crippen LogP contribution >= 0.6 is 0 Å². The molecule has 0 saturated heterocycles. The molecule has 2 N–H and O–H groups in total. The van der Waals surface area contributed by atoms with E-state index in [0.29, 0.717) is 0 Å². The quantitative estimate of drug-likeness (QED) is 0.348. The Bertz CT molecular complexity index is 452. The van der Waals surface area contributed by atoms with E-state index in [2.05, 4.69) is 57.4 Å². The lowest BCUT2D eigenvalue weighted by atomic mass is 10.1. The minimum absolute atomic E-state index is 0.787. The first-order chi connectivity index (χ1) is 11.1. The smallest absolute Gasteiger partial charge is 0.155 e. The van der Waals surface area contributed by atoms with Crippen LogP contribution in [0.4, 0.5) is 11.4 Å². The first kappa shape index (κ1) is 20.0. The molecule has 0 aliphatic carbocycles. The zero-order chi connectivity index (χ0) is 17.3. The molecule has 0 amide bonds. The van der Waals surface area contributed by atoms with Gasteiger partial charge in [0, 0.05) is 24.5 Å². The van der Waals surface area contributed by atoms with E-state index in [9.17, 15) is 0 Å². The molecule has 0 aromatic heterocycles. The number of hydrogen-bond acceptors (Lipinski definition) is 3. The van der Waals surface area contributed by atoms with Gasteiger partial charge in [-0.2, -0.15) is 0 Å². The fourth-order valence-corrected chi connectivity index (χ4v) is 7.41. The molecule has 0 unspecified atom stereocenters. The zero-order valence-electron chi connectivity index (χ0n) is 15.8. The fraction of sp³-hybridized carbons (Fsp3) is 0.684. The molecular weight excluding hydrogens is 300 g/mol. The van der Waals surface area contributed by atoms with Gasteiger partial charge in [0.2, 0.25) is 0 Å². The number of aryl methyl sites for hydroxylation is 1. The van der Waals surface area contributed by atoms with Crippen LogP contribution in [0.25, 0.3) is 0 Å². The van der Waals surface area contributed by atoms with Gasteiger partial charge in [0.05, 0.1) is 6.61 Å². The molecule has 0 radical (unpaired) electrons. The predicted molar refractivity (Wildman–Crippen MR) is 106 cm³/mol. The molecule has 0 spiro atoms. The molecule has 23 heavy (non-hydrogen) atoms. The van der Waals surface area contributed by atoms with Crippen molar-refractivity contribution in [1.29, 1.82) is 0 Å². The Labute approximate surface area is 144 Å². The second-order valence-electron chi connectivity index (χ2n) is 6.27. The Balaban J connectivity index is 3.19. The largest absolute Gasteiger partial charge is 0.399 e. The fourth-order valence-electron chi connectivity index (χ4n) is 3.51. The summed E-state index contributed by atoms with van der Waals surface area (Å²) >= 11 is 0. The van der Waals surface area contributed by atoms with Gasteiger partial charge in [0.1, 0.15) is 0 Å². The highest BCUT2D eigenvalue weighted by molar-refractivity contribution is 6.83. The number of nitrogens with zero attached hydrogens (tertiary/aromatic N) is 1. The molecule has 1 rings (SSSR count). The highest BCUT2D eigenvalue weighted by Gasteiger charge is 2.34. The second-order valence-corrected chi connectivity index (χ2v) is 11.4. The minimum Gasteiger partial charge on any atom is -0.399 e. The third-order valence-electron chi connectivity index (χ3n) is 5.17. The highest BCUT2D eigenvalue weighted by Crippen LogP contribution is 2.32. The van der Waals surface area contributed by atoms with E-state index in [1.165, 1.54) is 29.4 Å². The number of rotatable bonds is 11. The van der Waals surface area contributed by atoms with E-state index >= 15 is 0 Å². The number of nitrogens with two attached hydrogens (primary N) is 1. The van der Waals surface area contributed by atoms with Crippen LogP contribution in [0.2, 0.25) is 18.1 Å². The highest BCUT2D eigenvalue weighted by atomic mass is 28.3. The Morgan fingerprint density at radius 2 is 1.70 bits per heavy atom. The van der Waals surface area contributed by atoms with E-state index < -0.39 is 8.24 Å². The third kappa shape index (κ3) is 4.98. The van der Waals surface area contributed by atoms with Gasteiger partial charge in [-0.3, -0.25) is 0 Å². The molecule has 1 aromatic carbocycles. The van der Waals surface area contributed by atoms with Gasteiger partial charge in [0.25, 0.3) is 0 Å². The lowest BCUT2D eigenvalue weighted by molar-refractivity contribution is 0.155. The standard InChI is InChI=1S/C19H36N2OSi/c1-6-11-17-16-18(12-13-19(17)20)21(14-15-22-7-2)23(8-3,9-4)10-5/h12-13,16H,6-11,14-15,20H2,1-5H3. The molecule has 3 nitrogen and oxygen atoms in total. The first-order valence-corrected chi connectivity index (χ1v) is 11.9. The monoisotopic (exact) mass is 336 g/mol. The van der Waals surface area contributed by atoms with E-state index in [1.54, 1.807) is 0 Å². The van der Waals surface area contributed by atoms with Crippen molar-refractivity contribution in [2.75, 3.05) is 30.1 Å². The number of hydrogen-bond donors (Lipinski definition) is 1.